The number of nitrogens with two attached hydrogens (primary N) is 1. The summed E-state index contributed by atoms with van der Waals surface area (Å²) in [5, 5.41) is 5.96. The maximum Gasteiger partial charge on any atom is 0.320 e. The third-order valence-electron chi connectivity index (χ3n) is 12.7. The molecule has 1 spiro atoms. The van der Waals surface area contributed by atoms with Crippen molar-refractivity contribution in [2.75, 3.05) is 79.4 Å². The van der Waals surface area contributed by atoms with E-state index >= 15 is 0 Å². The number of imide groups is 1. The van der Waals surface area contributed by atoms with Gasteiger partial charge in [-0.3, -0.25) is 24.1 Å². The smallest absolute Gasteiger partial charge is 0.320 e. The van der Waals surface area contributed by atoms with E-state index < -0.39 is 23.8 Å². The molecule has 1 unspecified atom stereocenters. The second-order valence-corrected chi connectivity index (χ2v) is 16.3. The first kappa shape index (κ1) is 36.4. The molecule has 296 valence electrons. The number of likely N-dealkylation sites (N-methyl/N-ethyl adjacent to an activating group) is 1. The zero-order valence-corrected chi connectivity index (χ0v) is 32.1. The molecule has 7 heterocycles. The number of nitrogens with zero attached hydrogens (tertiary/aromatic N) is 8. The summed E-state index contributed by atoms with van der Waals surface area (Å²) in [6, 6.07) is 12.8. The number of piperidine rings is 3. The van der Waals surface area contributed by atoms with Crippen LogP contribution in [0.4, 0.5) is 33.5 Å². The van der Waals surface area contributed by atoms with Crippen LogP contribution in [-0.2, 0) is 4.79 Å². The predicted molar refractivity (Wildman–Crippen MR) is 214 cm³/mol. The highest BCUT2D eigenvalue weighted by Gasteiger charge is 2.47. The molecule has 57 heavy (non-hydrogen) atoms. The summed E-state index contributed by atoms with van der Waals surface area (Å²) in [6.45, 7) is 10.2. The van der Waals surface area contributed by atoms with Crippen LogP contribution in [0.3, 0.4) is 0 Å². The number of benzene rings is 2. The number of nitrogens with one attached hydrogen (secondary N) is 2. The minimum Gasteiger partial charge on any atom is -0.371 e. The monoisotopic (exact) mass is 773 g/mol. The van der Waals surface area contributed by atoms with Crippen LogP contribution in [0, 0.1) is 5.41 Å². The molecule has 3 aromatic rings. The SMILES string of the molecule is C=C1CCC(N2C(=O)c3ccc(N4CC5(CCN(c6ccc(Nc7nc(N8CCC[C@H](N9CCN(C)C9=O)C8)cnc7C(N)=O)cc6)CC5)C4)cc3C2=O)C(=O)N1. The minimum absolute atomic E-state index is 0.0569. The molecule has 5 saturated heterocycles. The van der Waals surface area contributed by atoms with Crippen LogP contribution in [-0.4, -0.2) is 126 Å². The fourth-order valence-corrected chi connectivity index (χ4v) is 9.35. The van der Waals surface area contributed by atoms with Crippen molar-refractivity contribution in [1.29, 1.82) is 0 Å². The number of primary amides is 1. The van der Waals surface area contributed by atoms with Crippen molar-refractivity contribution in [2.24, 2.45) is 11.1 Å². The number of hydrogen-bond acceptors (Lipinski definition) is 11. The molecule has 0 radical (unpaired) electrons. The number of rotatable bonds is 8. The average Bonchev–Trinajstić information content (AvgIpc) is 3.66. The lowest BCUT2D eigenvalue weighted by molar-refractivity contribution is -0.125. The summed E-state index contributed by atoms with van der Waals surface area (Å²) in [5.41, 5.74) is 10.0. The lowest BCUT2D eigenvalue weighted by atomic mass is 9.71. The number of carbonyl (C=O) groups excluding carboxylic acids is 5. The van der Waals surface area contributed by atoms with Crippen molar-refractivity contribution in [3.05, 3.63) is 77.8 Å². The lowest BCUT2D eigenvalue weighted by Crippen LogP contribution is -2.60. The van der Waals surface area contributed by atoms with Crippen molar-refractivity contribution in [3.63, 3.8) is 0 Å². The number of hydrogen-bond donors (Lipinski definition) is 3. The van der Waals surface area contributed by atoms with Crippen molar-refractivity contribution in [3.8, 4) is 0 Å². The summed E-state index contributed by atoms with van der Waals surface area (Å²) < 4.78 is 0. The van der Waals surface area contributed by atoms with E-state index in [2.05, 4.69) is 49.0 Å². The van der Waals surface area contributed by atoms with E-state index in [4.69, 9.17) is 10.7 Å². The number of carbonyl (C=O) groups is 5. The van der Waals surface area contributed by atoms with Gasteiger partial charge in [0.1, 0.15) is 11.9 Å². The summed E-state index contributed by atoms with van der Waals surface area (Å²) >= 11 is 0. The van der Waals surface area contributed by atoms with Crippen LogP contribution in [0.2, 0.25) is 0 Å². The fraction of sp³-hybridized carbons (Fsp3) is 0.439. The van der Waals surface area contributed by atoms with Gasteiger partial charge in [0.2, 0.25) is 5.91 Å². The molecule has 6 aliphatic heterocycles. The van der Waals surface area contributed by atoms with Gasteiger partial charge in [0.25, 0.3) is 17.7 Å². The van der Waals surface area contributed by atoms with Gasteiger partial charge in [-0.25, -0.2) is 14.8 Å². The molecular formula is C41H47N11O5. The van der Waals surface area contributed by atoms with E-state index in [1.165, 1.54) is 0 Å². The molecule has 6 aliphatic rings. The quantitative estimate of drug-likeness (QED) is 0.286. The van der Waals surface area contributed by atoms with Gasteiger partial charge in [-0.05, 0) is 81.0 Å². The molecule has 0 aliphatic carbocycles. The Kier molecular flexibility index (Phi) is 9.00. The number of allylic oxidation sites excluding steroid dienone is 1. The minimum atomic E-state index is -0.825. The molecule has 5 fully saturated rings. The average molecular weight is 774 g/mol. The van der Waals surface area contributed by atoms with Crippen LogP contribution < -0.4 is 31.1 Å². The Labute approximate surface area is 330 Å². The van der Waals surface area contributed by atoms with E-state index in [1.807, 2.05) is 36.2 Å². The number of amides is 6. The molecule has 16 nitrogen and oxygen atoms in total. The molecule has 2 aromatic carbocycles. The molecule has 0 saturated carbocycles. The molecule has 16 heteroatoms. The Morgan fingerprint density at radius 2 is 1.63 bits per heavy atom. The normalized spacial score (nSPS) is 23.3. The highest BCUT2D eigenvalue weighted by Crippen LogP contribution is 2.44. The van der Waals surface area contributed by atoms with Gasteiger partial charge in [-0.2, -0.15) is 0 Å². The van der Waals surface area contributed by atoms with Gasteiger partial charge in [-0.1, -0.05) is 6.58 Å². The second kappa shape index (κ2) is 14.1. The van der Waals surface area contributed by atoms with E-state index in [9.17, 15) is 24.0 Å². The lowest BCUT2D eigenvalue weighted by Gasteiger charge is -2.55. The van der Waals surface area contributed by atoms with Crippen LogP contribution in [0.1, 0.15) is 69.7 Å². The Morgan fingerprint density at radius 3 is 2.33 bits per heavy atom. The summed E-state index contributed by atoms with van der Waals surface area (Å²) in [4.78, 5) is 85.0. The maximum absolute atomic E-state index is 13.4. The van der Waals surface area contributed by atoms with Gasteiger partial charge in [-0.15, -0.1) is 0 Å². The van der Waals surface area contributed by atoms with E-state index in [0.29, 0.717) is 54.4 Å². The maximum atomic E-state index is 13.4. The number of urea groups is 1. The van der Waals surface area contributed by atoms with Crippen molar-refractivity contribution >= 4 is 58.4 Å². The van der Waals surface area contributed by atoms with Crippen LogP contribution in [0.15, 0.2) is 60.9 Å². The van der Waals surface area contributed by atoms with E-state index in [0.717, 1.165) is 86.9 Å². The van der Waals surface area contributed by atoms with Crippen molar-refractivity contribution < 1.29 is 24.0 Å². The third-order valence-corrected chi connectivity index (χ3v) is 12.7. The van der Waals surface area contributed by atoms with Crippen LogP contribution >= 0.6 is 0 Å². The van der Waals surface area contributed by atoms with Gasteiger partial charge in [0, 0.05) is 87.6 Å². The fourth-order valence-electron chi connectivity index (χ4n) is 9.35. The molecule has 9 rings (SSSR count). The summed E-state index contributed by atoms with van der Waals surface area (Å²) in [6.07, 6.45) is 6.37. The topological polar surface area (TPSA) is 181 Å². The van der Waals surface area contributed by atoms with Gasteiger partial charge < -0.3 is 40.9 Å². The molecule has 6 amide bonds. The highest BCUT2D eigenvalue weighted by atomic mass is 16.2. The van der Waals surface area contributed by atoms with E-state index in [-0.39, 0.29) is 29.1 Å². The first-order chi connectivity index (χ1) is 27.5. The zero-order valence-electron chi connectivity index (χ0n) is 32.1. The first-order valence-electron chi connectivity index (χ1n) is 19.8. The number of fused-ring (bicyclic) bond motifs is 1. The Morgan fingerprint density at radius 1 is 0.895 bits per heavy atom. The molecule has 0 bridgehead atoms. The number of anilines is 5. The Bertz CT molecular complexity index is 2180. The van der Waals surface area contributed by atoms with Crippen molar-refractivity contribution in [1.82, 2.24) is 30.0 Å². The second-order valence-electron chi connectivity index (χ2n) is 16.3. The number of aromatic nitrogens is 2. The van der Waals surface area contributed by atoms with Gasteiger partial charge in [0.15, 0.2) is 11.5 Å². The first-order valence-corrected chi connectivity index (χ1v) is 19.8. The third kappa shape index (κ3) is 6.55. The predicted octanol–water partition coefficient (Wildman–Crippen LogP) is 3.15. The van der Waals surface area contributed by atoms with Gasteiger partial charge in [0.05, 0.1) is 23.4 Å². The molecule has 4 N–H and O–H groups in total. The summed E-state index contributed by atoms with van der Waals surface area (Å²) in [5.74, 6) is -0.952. The standard InChI is InChI=1S/C41H47N11O5/c1-25-5-12-32(37(54)44-25)52-38(55)30-11-10-28(20-31(30)39(52)56)50-23-41(24-50)13-16-48(17-14-41)27-8-6-26(7-9-27)45-36-34(35(42)53)43-21-33(46-36)49-15-3-4-29(22-49)51-19-18-47(2)40(51)57/h6-11,20-21,29,32H,1,3-5,12-19,22-24H2,2H3,(H2,42,53)(H,44,54)(H,45,46)/t29-,32?/m0/s1. The largest absolute Gasteiger partial charge is 0.371 e. The van der Waals surface area contributed by atoms with Crippen LogP contribution in [0.25, 0.3) is 0 Å². The highest BCUT2D eigenvalue weighted by molar-refractivity contribution is 6.23. The van der Waals surface area contributed by atoms with E-state index in [1.54, 1.807) is 17.2 Å². The zero-order chi connectivity index (χ0) is 39.6. The Balaban J connectivity index is 0.806. The Hall–Kier alpha value is -6.19. The van der Waals surface area contributed by atoms with Crippen molar-refractivity contribution in [2.45, 2.75) is 50.6 Å². The summed E-state index contributed by atoms with van der Waals surface area (Å²) in [7, 11) is 1.83. The molecular weight excluding hydrogens is 727 g/mol. The molecule has 1 aromatic heterocycles. The van der Waals surface area contributed by atoms with Gasteiger partial charge >= 0.3 is 6.03 Å². The van der Waals surface area contributed by atoms with Crippen LogP contribution in [0.5, 0.6) is 0 Å². The molecule has 2 atom stereocenters.